The fraction of sp³-hybridized carbons (Fsp3) is 0.125. The van der Waals surface area contributed by atoms with E-state index < -0.39 is 0 Å². The maximum Gasteiger partial charge on any atom is 0.208 e. The predicted octanol–water partition coefficient (Wildman–Crippen LogP) is 0.936. The van der Waals surface area contributed by atoms with E-state index in [1.54, 1.807) is 23.7 Å². The lowest BCUT2D eigenvalue weighted by molar-refractivity contribution is 0.924. The lowest BCUT2D eigenvalue weighted by atomic mass is 10.3. The standard InChI is InChI=1S/C8H8N2O/c1-6-5-9-10-4-2-3-7(10)8(6)11/h2-5,9H,1H3. The molecular weight excluding hydrogens is 140 g/mol. The molecule has 0 unspecified atom stereocenters. The van der Waals surface area contributed by atoms with Crippen LogP contribution in [0.25, 0.3) is 5.52 Å². The number of fused-ring (bicyclic) bond motifs is 1. The van der Waals surface area contributed by atoms with E-state index in [0.717, 1.165) is 5.56 Å². The van der Waals surface area contributed by atoms with Crippen molar-refractivity contribution in [2.75, 3.05) is 0 Å². The monoisotopic (exact) mass is 148 g/mol. The molecule has 3 heteroatoms. The molecule has 0 amide bonds. The fourth-order valence-electron chi connectivity index (χ4n) is 1.11. The highest BCUT2D eigenvalue weighted by Crippen LogP contribution is 1.96. The minimum Gasteiger partial charge on any atom is -0.301 e. The molecule has 56 valence electrons. The SMILES string of the molecule is Cc1c[nH]n2cccc2c1=O. The van der Waals surface area contributed by atoms with Crippen LogP contribution in [0.15, 0.2) is 29.3 Å². The average molecular weight is 148 g/mol. The van der Waals surface area contributed by atoms with E-state index in [2.05, 4.69) is 5.10 Å². The largest absolute Gasteiger partial charge is 0.301 e. The molecule has 2 aromatic heterocycles. The lowest BCUT2D eigenvalue weighted by Crippen LogP contribution is -2.09. The quantitative estimate of drug-likeness (QED) is 0.593. The Kier molecular flexibility index (Phi) is 1.12. The van der Waals surface area contributed by atoms with E-state index in [4.69, 9.17) is 0 Å². The first-order valence-corrected chi connectivity index (χ1v) is 3.44. The number of hydrogen-bond donors (Lipinski definition) is 1. The second-order valence-corrected chi connectivity index (χ2v) is 2.55. The van der Waals surface area contributed by atoms with Crippen molar-refractivity contribution >= 4 is 5.52 Å². The van der Waals surface area contributed by atoms with Crippen LogP contribution in [-0.4, -0.2) is 9.61 Å². The van der Waals surface area contributed by atoms with Gasteiger partial charge in [-0.15, -0.1) is 0 Å². The molecule has 2 aromatic rings. The van der Waals surface area contributed by atoms with Crippen LogP contribution < -0.4 is 5.43 Å². The van der Waals surface area contributed by atoms with Gasteiger partial charge in [-0.3, -0.25) is 9.31 Å². The normalized spacial score (nSPS) is 10.6. The molecule has 2 heterocycles. The average Bonchev–Trinajstić information content (AvgIpc) is 2.45. The Bertz CT molecular complexity index is 439. The van der Waals surface area contributed by atoms with Gasteiger partial charge in [-0.1, -0.05) is 0 Å². The number of aryl methyl sites for hydroxylation is 1. The van der Waals surface area contributed by atoms with E-state index in [1.807, 2.05) is 12.3 Å². The van der Waals surface area contributed by atoms with Crippen LogP contribution in [0.3, 0.4) is 0 Å². The van der Waals surface area contributed by atoms with E-state index in [0.29, 0.717) is 5.52 Å². The van der Waals surface area contributed by atoms with Crippen molar-refractivity contribution in [3.63, 3.8) is 0 Å². The molecule has 0 radical (unpaired) electrons. The molecule has 11 heavy (non-hydrogen) atoms. The Morgan fingerprint density at radius 2 is 2.36 bits per heavy atom. The van der Waals surface area contributed by atoms with Crippen LogP contribution in [0.5, 0.6) is 0 Å². The Labute approximate surface area is 63.3 Å². The number of nitrogens with one attached hydrogen (secondary N) is 1. The third-order valence-corrected chi connectivity index (χ3v) is 1.76. The summed E-state index contributed by atoms with van der Waals surface area (Å²) in [5.74, 6) is 0. The summed E-state index contributed by atoms with van der Waals surface area (Å²) in [6.07, 6.45) is 3.52. The van der Waals surface area contributed by atoms with Crippen molar-refractivity contribution in [3.05, 3.63) is 40.3 Å². The Morgan fingerprint density at radius 1 is 1.55 bits per heavy atom. The van der Waals surface area contributed by atoms with Gasteiger partial charge in [0, 0.05) is 18.0 Å². The maximum absolute atomic E-state index is 11.3. The molecule has 0 spiro atoms. The van der Waals surface area contributed by atoms with Gasteiger partial charge in [0.25, 0.3) is 0 Å². The van der Waals surface area contributed by atoms with Crippen LogP contribution in [-0.2, 0) is 0 Å². The fourth-order valence-corrected chi connectivity index (χ4v) is 1.11. The second kappa shape index (κ2) is 1.99. The summed E-state index contributed by atoms with van der Waals surface area (Å²) in [7, 11) is 0. The number of H-pyrrole nitrogens is 1. The minimum atomic E-state index is 0.0914. The first-order valence-electron chi connectivity index (χ1n) is 3.44. The van der Waals surface area contributed by atoms with Crippen LogP contribution in [0.2, 0.25) is 0 Å². The predicted molar refractivity (Wildman–Crippen MR) is 42.8 cm³/mol. The molecule has 0 bridgehead atoms. The third kappa shape index (κ3) is 0.774. The van der Waals surface area contributed by atoms with E-state index in [-0.39, 0.29) is 5.43 Å². The van der Waals surface area contributed by atoms with E-state index in [1.165, 1.54) is 0 Å². The highest BCUT2D eigenvalue weighted by atomic mass is 16.1. The minimum absolute atomic E-state index is 0.0914. The van der Waals surface area contributed by atoms with Gasteiger partial charge in [0.2, 0.25) is 5.43 Å². The lowest BCUT2D eigenvalue weighted by Gasteiger charge is -1.94. The van der Waals surface area contributed by atoms with Crippen LogP contribution in [0, 0.1) is 6.92 Å². The van der Waals surface area contributed by atoms with Gasteiger partial charge >= 0.3 is 0 Å². The maximum atomic E-state index is 11.3. The number of nitrogens with zero attached hydrogens (tertiary/aromatic N) is 1. The van der Waals surface area contributed by atoms with Crippen molar-refractivity contribution in [1.29, 1.82) is 0 Å². The van der Waals surface area contributed by atoms with Crippen molar-refractivity contribution in [3.8, 4) is 0 Å². The molecule has 0 aromatic carbocycles. The summed E-state index contributed by atoms with van der Waals surface area (Å²) < 4.78 is 1.70. The van der Waals surface area contributed by atoms with Crippen LogP contribution in [0.1, 0.15) is 5.56 Å². The van der Waals surface area contributed by atoms with Gasteiger partial charge in [0.15, 0.2) is 0 Å². The molecule has 0 aliphatic carbocycles. The summed E-state index contributed by atoms with van der Waals surface area (Å²) >= 11 is 0. The first-order chi connectivity index (χ1) is 5.29. The van der Waals surface area contributed by atoms with Crippen molar-refractivity contribution in [1.82, 2.24) is 9.61 Å². The van der Waals surface area contributed by atoms with E-state index in [9.17, 15) is 4.79 Å². The summed E-state index contributed by atoms with van der Waals surface area (Å²) in [5, 5.41) is 2.96. The number of aromatic nitrogens is 2. The van der Waals surface area contributed by atoms with Crippen molar-refractivity contribution in [2.24, 2.45) is 0 Å². The van der Waals surface area contributed by atoms with E-state index >= 15 is 0 Å². The van der Waals surface area contributed by atoms with Crippen molar-refractivity contribution < 1.29 is 0 Å². The smallest absolute Gasteiger partial charge is 0.208 e. The van der Waals surface area contributed by atoms with Crippen LogP contribution in [0.4, 0.5) is 0 Å². The topological polar surface area (TPSA) is 37.3 Å². The number of aromatic amines is 1. The van der Waals surface area contributed by atoms with Gasteiger partial charge in [-0.2, -0.15) is 0 Å². The summed E-state index contributed by atoms with van der Waals surface area (Å²) in [6.45, 7) is 1.80. The highest BCUT2D eigenvalue weighted by molar-refractivity contribution is 5.47. The van der Waals surface area contributed by atoms with Gasteiger partial charge < -0.3 is 5.10 Å². The Hall–Kier alpha value is -1.51. The second-order valence-electron chi connectivity index (χ2n) is 2.55. The molecule has 1 N–H and O–H groups in total. The molecular formula is C8H8N2O. The summed E-state index contributed by atoms with van der Waals surface area (Å²) in [6, 6.07) is 3.64. The highest BCUT2D eigenvalue weighted by Gasteiger charge is 1.98. The van der Waals surface area contributed by atoms with Gasteiger partial charge in [-0.25, -0.2) is 0 Å². The van der Waals surface area contributed by atoms with Gasteiger partial charge in [-0.05, 0) is 19.1 Å². The molecule has 0 aliphatic rings. The zero-order valence-corrected chi connectivity index (χ0v) is 6.16. The molecule has 0 fully saturated rings. The van der Waals surface area contributed by atoms with Crippen LogP contribution >= 0.6 is 0 Å². The third-order valence-electron chi connectivity index (χ3n) is 1.76. The van der Waals surface area contributed by atoms with Crippen molar-refractivity contribution in [2.45, 2.75) is 6.92 Å². The molecule has 0 atom stereocenters. The number of hydrogen-bond acceptors (Lipinski definition) is 1. The molecule has 0 saturated heterocycles. The van der Waals surface area contributed by atoms with Gasteiger partial charge in [0.05, 0.1) is 0 Å². The summed E-state index contributed by atoms with van der Waals surface area (Å²) in [5.41, 5.74) is 1.54. The summed E-state index contributed by atoms with van der Waals surface area (Å²) in [4.78, 5) is 11.3. The first kappa shape index (κ1) is 6.22. The zero-order chi connectivity index (χ0) is 7.84. The number of rotatable bonds is 0. The molecule has 3 nitrogen and oxygen atoms in total. The Balaban J connectivity index is 3.05. The zero-order valence-electron chi connectivity index (χ0n) is 6.16. The molecule has 0 aliphatic heterocycles. The molecule has 0 saturated carbocycles. The van der Waals surface area contributed by atoms with Gasteiger partial charge in [0.1, 0.15) is 5.52 Å². The molecule has 2 rings (SSSR count). The Morgan fingerprint density at radius 3 is 3.18 bits per heavy atom.